The van der Waals surface area contributed by atoms with Gasteiger partial charge in [-0.25, -0.2) is 0 Å². The molecule has 1 aromatic heterocycles. The molecule has 0 aliphatic carbocycles. The predicted octanol–water partition coefficient (Wildman–Crippen LogP) is 6.34. The van der Waals surface area contributed by atoms with E-state index in [9.17, 15) is 0 Å². The molecule has 1 aromatic rings. The number of hydrogen-bond donors (Lipinski definition) is 0. The van der Waals surface area contributed by atoms with Crippen LogP contribution in [0.1, 0.15) is 101 Å². The van der Waals surface area contributed by atoms with Crippen molar-refractivity contribution in [3.63, 3.8) is 0 Å². The lowest BCUT2D eigenvalue weighted by Gasteiger charge is -2.05. The zero-order chi connectivity index (χ0) is 16.0. The summed E-state index contributed by atoms with van der Waals surface area (Å²) in [6.07, 6.45) is 19.8. The van der Waals surface area contributed by atoms with Gasteiger partial charge in [-0.1, -0.05) is 77.6 Å². The van der Waals surface area contributed by atoms with Crippen LogP contribution in [0.4, 0.5) is 0 Å². The Kier molecular flexibility index (Phi) is 11.0. The normalized spacial score (nSPS) is 11.0. The summed E-state index contributed by atoms with van der Waals surface area (Å²) < 4.78 is 0. The Morgan fingerprint density at radius 3 is 1.77 bits per heavy atom. The van der Waals surface area contributed by atoms with Crippen LogP contribution in [0.2, 0.25) is 0 Å². The van der Waals surface area contributed by atoms with Crippen molar-refractivity contribution in [3.05, 3.63) is 23.3 Å². The van der Waals surface area contributed by atoms with Crippen LogP contribution in [-0.4, -0.2) is 9.97 Å². The summed E-state index contributed by atoms with van der Waals surface area (Å²) in [6, 6.07) is 0. The highest BCUT2D eigenvalue weighted by molar-refractivity contribution is 5.11. The molecular formula is C20H36N2. The molecule has 0 aliphatic rings. The highest BCUT2D eigenvalue weighted by Crippen LogP contribution is 2.13. The SMILES string of the molecule is CCCCCCCCCCCCCCc1nc(C)cnc1C. The first-order chi connectivity index (χ1) is 10.7. The van der Waals surface area contributed by atoms with Gasteiger partial charge in [-0.15, -0.1) is 0 Å². The molecule has 0 bridgehead atoms. The molecule has 0 N–H and O–H groups in total. The van der Waals surface area contributed by atoms with Crippen molar-refractivity contribution in [1.29, 1.82) is 0 Å². The number of nitrogens with zero attached hydrogens (tertiary/aromatic N) is 2. The van der Waals surface area contributed by atoms with Crippen LogP contribution in [0.5, 0.6) is 0 Å². The van der Waals surface area contributed by atoms with Gasteiger partial charge in [0.2, 0.25) is 0 Å². The third-order valence-corrected chi connectivity index (χ3v) is 4.44. The van der Waals surface area contributed by atoms with Crippen molar-refractivity contribution < 1.29 is 0 Å². The van der Waals surface area contributed by atoms with Crippen molar-refractivity contribution in [2.45, 2.75) is 104 Å². The van der Waals surface area contributed by atoms with E-state index in [1.165, 1.54) is 82.7 Å². The van der Waals surface area contributed by atoms with E-state index in [0.717, 1.165) is 17.8 Å². The Morgan fingerprint density at radius 1 is 0.727 bits per heavy atom. The molecule has 0 amide bonds. The first kappa shape index (κ1) is 19.1. The number of aromatic nitrogens is 2. The maximum absolute atomic E-state index is 4.60. The second-order valence-electron chi connectivity index (χ2n) is 6.68. The van der Waals surface area contributed by atoms with Crippen LogP contribution in [0, 0.1) is 13.8 Å². The molecule has 0 aliphatic heterocycles. The van der Waals surface area contributed by atoms with E-state index in [1.807, 2.05) is 13.1 Å². The van der Waals surface area contributed by atoms with E-state index in [0.29, 0.717) is 0 Å². The van der Waals surface area contributed by atoms with E-state index in [-0.39, 0.29) is 0 Å². The topological polar surface area (TPSA) is 25.8 Å². The number of rotatable bonds is 13. The Labute approximate surface area is 138 Å². The van der Waals surface area contributed by atoms with Crippen molar-refractivity contribution in [1.82, 2.24) is 9.97 Å². The highest BCUT2D eigenvalue weighted by Gasteiger charge is 2.01. The summed E-state index contributed by atoms with van der Waals surface area (Å²) in [5.74, 6) is 0. The van der Waals surface area contributed by atoms with Gasteiger partial charge in [0.05, 0.1) is 17.1 Å². The fraction of sp³-hybridized carbons (Fsp3) is 0.800. The second-order valence-corrected chi connectivity index (χ2v) is 6.68. The predicted molar refractivity (Wildman–Crippen MR) is 96.3 cm³/mol. The Hall–Kier alpha value is -0.920. The second kappa shape index (κ2) is 12.6. The van der Waals surface area contributed by atoms with Gasteiger partial charge in [-0.2, -0.15) is 0 Å². The maximum Gasteiger partial charge on any atom is 0.0619 e. The minimum atomic E-state index is 1.04. The Balaban J connectivity index is 1.90. The lowest BCUT2D eigenvalue weighted by atomic mass is 10.0. The third kappa shape index (κ3) is 9.17. The average Bonchev–Trinajstić information content (AvgIpc) is 2.51. The van der Waals surface area contributed by atoms with E-state index in [1.54, 1.807) is 0 Å². The van der Waals surface area contributed by atoms with Gasteiger partial charge in [0, 0.05) is 6.20 Å². The molecule has 22 heavy (non-hydrogen) atoms. The number of hydrogen-bond acceptors (Lipinski definition) is 2. The molecule has 0 unspecified atom stereocenters. The molecular weight excluding hydrogens is 268 g/mol. The standard InChI is InChI=1S/C20H36N2/c1-4-5-6-7-8-9-10-11-12-13-14-15-16-20-19(3)21-17-18(2)22-20/h17H,4-16H2,1-3H3. The quantitative estimate of drug-likeness (QED) is 0.397. The summed E-state index contributed by atoms with van der Waals surface area (Å²) >= 11 is 0. The van der Waals surface area contributed by atoms with Crippen LogP contribution in [0.25, 0.3) is 0 Å². The summed E-state index contributed by atoms with van der Waals surface area (Å²) in [5, 5.41) is 0. The summed E-state index contributed by atoms with van der Waals surface area (Å²) in [6.45, 7) is 6.38. The zero-order valence-corrected chi connectivity index (χ0v) is 15.2. The van der Waals surface area contributed by atoms with Crippen LogP contribution in [0.3, 0.4) is 0 Å². The first-order valence-corrected chi connectivity index (χ1v) is 9.53. The van der Waals surface area contributed by atoms with Crippen molar-refractivity contribution >= 4 is 0 Å². The van der Waals surface area contributed by atoms with E-state index in [2.05, 4.69) is 23.8 Å². The largest absolute Gasteiger partial charge is 0.258 e. The van der Waals surface area contributed by atoms with Crippen molar-refractivity contribution in [2.24, 2.45) is 0 Å². The molecule has 0 saturated heterocycles. The smallest absolute Gasteiger partial charge is 0.0619 e. The zero-order valence-electron chi connectivity index (χ0n) is 15.2. The summed E-state index contributed by atoms with van der Waals surface area (Å²) in [5.41, 5.74) is 3.35. The lowest BCUT2D eigenvalue weighted by molar-refractivity contribution is 0.543. The van der Waals surface area contributed by atoms with Crippen molar-refractivity contribution in [3.8, 4) is 0 Å². The Morgan fingerprint density at radius 2 is 1.23 bits per heavy atom. The molecule has 1 rings (SSSR count). The lowest BCUT2D eigenvalue weighted by Crippen LogP contribution is -1.99. The monoisotopic (exact) mass is 304 g/mol. The van der Waals surface area contributed by atoms with Gasteiger partial charge in [0.25, 0.3) is 0 Å². The molecule has 2 heteroatoms. The molecule has 0 spiro atoms. The highest BCUT2D eigenvalue weighted by atomic mass is 14.8. The average molecular weight is 305 g/mol. The van der Waals surface area contributed by atoms with Gasteiger partial charge >= 0.3 is 0 Å². The summed E-state index contributed by atoms with van der Waals surface area (Å²) in [4.78, 5) is 8.99. The van der Waals surface area contributed by atoms with Crippen LogP contribution in [0.15, 0.2) is 6.20 Å². The molecule has 0 atom stereocenters. The van der Waals surface area contributed by atoms with Gasteiger partial charge in [-0.05, 0) is 26.7 Å². The van der Waals surface area contributed by atoms with E-state index in [4.69, 9.17) is 0 Å². The van der Waals surface area contributed by atoms with Gasteiger partial charge in [0.1, 0.15) is 0 Å². The van der Waals surface area contributed by atoms with Gasteiger partial charge in [-0.3, -0.25) is 9.97 Å². The molecule has 0 aromatic carbocycles. The van der Waals surface area contributed by atoms with Gasteiger partial charge < -0.3 is 0 Å². The molecule has 0 radical (unpaired) electrons. The number of unbranched alkanes of at least 4 members (excludes halogenated alkanes) is 11. The van der Waals surface area contributed by atoms with Crippen LogP contribution < -0.4 is 0 Å². The molecule has 126 valence electrons. The molecule has 0 fully saturated rings. The first-order valence-electron chi connectivity index (χ1n) is 9.53. The maximum atomic E-state index is 4.60. The Bertz CT molecular complexity index is 387. The fourth-order valence-corrected chi connectivity index (χ4v) is 2.96. The van der Waals surface area contributed by atoms with Crippen LogP contribution >= 0.6 is 0 Å². The minimum absolute atomic E-state index is 1.04. The molecule has 2 nitrogen and oxygen atoms in total. The van der Waals surface area contributed by atoms with Crippen LogP contribution in [-0.2, 0) is 6.42 Å². The third-order valence-electron chi connectivity index (χ3n) is 4.44. The van der Waals surface area contributed by atoms with Gasteiger partial charge in [0.15, 0.2) is 0 Å². The fourth-order valence-electron chi connectivity index (χ4n) is 2.96. The summed E-state index contributed by atoms with van der Waals surface area (Å²) in [7, 11) is 0. The minimum Gasteiger partial charge on any atom is -0.258 e. The molecule has 0 saturated carbocycles. The van der Waals surface area contributed by atoms with E-state index >= 15 is 0 Å². The molecule has 1 heterocycles. The van der Waals surface area contributed by atoms with Crippen molar-refractivity contribution in [2.75, 3.05) is 0 Å². The van der Waals surface area contributed by atoms with E-state index < -0.39 is 0 Å². The number of aryl methyl sites for hydroxylation is 3.